The van der Waals surface area contributed by atoms with Gasteiger partial charge in [0.25, 0.3) is 0 Å². The molecule has 0 bridgehead atoms. The molecule has 2 aromatic carbocycles. The van der Waals surface area contributed by atoms with Crippen molar-refractivity contribution in [1.29, 1.82) is 5.26 Å². The molecular formula is C24H30N2O2. The molecule has 4 heteroatoms. The maximum absolute atomic E-state index is 12.0. The first-order valence-corrected chi connectivity index (χ1v) is 9.62. The largest absolute Gasteiger partial charge is 0.493 e. The Morgan fingerprint density at radius 2 is 1.75 bits per heavy atom. The lowest BCUT2D eigenvalue weighted by Gasteiger charge is -2.33. The Morgan fingerprint density at radius 3 is 2.36 bits per heavy atom. The predicted molar refractivity (Wildman–Crippen MR) is 113 cm³/mol. The van der Waals surface area contributed by atoms with E-state index in [1.54, 1.807) is 24.3 Å². The number of amides is 1. The zero-order valence-corrected chi connectivity index (χ0v) is 17.5. The van der Waals surface area contributed by atoms with E-state index >= 15 is 0 Å². The molecule has 0 radical (unpaired) electrons. The Bertz CT molecular complexity index is 840. The van der Waals surface area contributed by atoms with E-state index in [9.17, 15) is 4.79 Å². The van der Waals surface area contributed by atoms with Crippen LogP contribution in [0.1, 0.15) is 58.6 Å². The van der Waals surface area contributed by atoms with Gasteiger partial charge in [0.15, 0.2) is 0 Å². The zero-order chi connectivity index (χ0) is 20.8. The van der Waals surface area contributed by atoms with Crippen LogP contribution in [-0.4, -0.2) is 12.5 Å². The van der Waals surface area contributed by atoms with Crippen LogP contribution in [0, 0.1) is 16.7 Å². The number of anilines is 1. The van der Waals surface area contributed by atoms with Crippen LogP contribution in [0.15, 0.2) is 48.5 Å². The average Bonchev–Trinajstić information content (AvgIpc) is 2.60. The molecule has 0 fully saturated rings. The fourth-order valence-corrected chi connectivity index (χ4v) is 3.58. The molecule has 0 aromatic heterocycles. The minimum Gasteiger partial charge on any atom is -0.493 e. The molecule has 4 nitrogen and oxygen atoms in total. The Morgan fingerprint density at radius 1 is 1.07 bits per heavy atom. The highest BCUT2D eigenvalue weighted by molar-refractivity contribution is 5.90. The summed E-state index contributed by atoms with van der Waals surface area (Å²) in [5, 5.41) is 11.7. The third kappa shape index (κ3) is 6.74. The number of ether oxygens (including phenoxy) is 1. The van der Waals surface area contributed by atoms with E-state index in [4.69, 9.17) is 10.00 Å². The first-order chi connectivity index (χ1) is 13.1. The van der Waals surface area contributed by atoms with E-state index in [0.29, 0.717) is 17.9 Å². The van der Waals surface area contributed by atoms with Gasteiger partial charge in [-0.15, -0.1) is 0 Å². The maximum Gasteiger partial charge on any atom is 0.227 e. The van der Waals surface area contributed by atoms with Crippen molar-refractivity contribution in [2.45, 2.75) is 52.9 Å². The van der Waals surface area contributed by atoms with Crippen molar-refractivity contribution in [3.8, 4) is 11.8 Å². The van der Waals surface area contributed by atoms with Crippen LogP contribution < -0.4 is 10.1 Å². The summed E-state index contributed by atoms with van der Waals surface area (Å²) in [6.45, 7) is 11.6. The highest BCUT2D eigenvalue weighted by Crippen LogP contribution is 2.36. The molecule has 2 rings (SSSR count). The molecule has 0 aliphatic carbocycles. The number of nitrogens with zero attached hydrogens (tertiary/aromatic N) is 1. The molecule has 1 amide bonds. The van der Waals surface area contributed by atoms with Crippen LogP contribution in [0.3, 0.4) is 0 Å². The standard InChI is InChI=1S/C24H30N2O2/c1-23(2,3)17-24(4,5)19-9-11-21(12-10-19)28-14-13-22(27)26-20-8-6-7-18(15-20)16-25/h6-12,15H,13-14,17H2,1-5H3,(H,26,27). The highest BCUT2D eigenvalue weighted by Gasteiger charge is 2.27. The van der Waals surface area contributed by atoms with E-state index < -0.39 is 0 Å². The van der Waals surface area contributed by atoms with Crippen LogP contribution in [0.5, 0.6) is 5.75 Å². The second-order valence-corrected chi connectivity index (χ2v) is 8.98. The number of hydrogen-bond acceptors (Lipinski definition) is 3. The highest BCUT2D eigenvalue weighted by atomic mass is 16.5. The third-order valence-corrected chi connectivity index (χ3v) is 4.48. The number of carbonyl (C=O) groups is 1. The van der Waals surface area contributed by atoms with Gasteiger partial charge in [-0.2, -0.15) is 5.26 Å². The summed E-state index contributed by atoms with van der Waals surface area (Å²) in [6, 6.07) is 17.1. The SMILES string of the molecule is CC(C)(C)CC(C)(C)c1ccc(OCCC(=O)Nc2cccc(C#N)c2)cc1. The van der Waals surface area contributed by atoms with Crippen molar-refractivity contribution in [3.05, 3.63) is 59.7 Å². The van der Waals surface area contributed by atoms with Crippen LogP contribution >= 0.6 is 0 Å². The first-order valence-electron chi connectivity index (χ1n) is 9.62. The number of benzene rings is 2. The number of nitrogens with one attached hydrogen (secondary N) is 1. The Kier molecular flexibility index (Phi) is 6.85. The molecule has 0 spiro atoms. The van der Waals surface area contributed by atoms with Gasteiger partial charge in [0.1, 0.15) is 5.75 Å². The Hall–Kier alpha value is -2.80. The second kappa shape index (κ2) is 8.93. The van der Waals surface area contributed by atoms with E-state index in [1.807, 2.05) is 12.1 Å². The number of nitriles is 1. The molecule has 0 saturated carbocycles. The molecule has 0 aliphatic heterocycles. The number of rotatable bonds is 7. The summed E-state index contributed by atoms with van der Waals surface area (Å²) in [4.78, 5) is 12.0. The molecule has 148 valence electrons. The molecule has 1 N–H and O–H groups in total. The lowest BCUT2D eigenvalue weighted by Crippen LogP contribution is -2.24. The van der Waals surface area contributed by atoms with Crippen molar-refractivity contribution in [1.82, 2.24) is 0 Å². The van der Waals surface area contributed by atoms with E-state index in [-0.39, 0.29) is 23.2 Å². The molecule has 2 aromatic rings. The molecule has 28 heavy (non-hydrogen) atoms. The van der Waals surface area contributed by atoms with Crippen LogP contribution in [-0.2, 0) is 10.2 Å². The predicted octanol–water partition coefficient (Wildman–Crippen LogP) is 5.68. The van der Waals surface area contributed by atoms with Gasteiger partial charge < -0.3 is 10.1 Å². The van der Waals surface area contributed by atoms with Crippen molar-refractivity contribution in [2.75, 3.05) is 11.9 Å². The summed E-state index contributed by atoms with van der Waals surface area (Å²) in [5.41, 5.74) is 2.77. The molecular weight excluding hydrogens is 348 g/mol. The summed E-state index contributed by atoms with van der Waals surface area (Å²) in [7, 11) is 0. The minimum absolute atomic E-state index is 0.0919. The molecule has 0 saturated heterocycles. The molecule has 0 heterocycles. The van der Waals surface area contributed by atoms with Gasteiger partial charge in [-0.1, -0.05) is 52.8 Å². The number of carbonyl (C=O) groups excluding carboxylic acids is 1. The van der Waals surface area contributed by atoms with E-state index in [0.717, 1.165) is 12.2 Å². The van der Waals surface area contributed by atoms with Gasteiger partial charge in [-0.05, 0) is 53.1 Å². The lowest BCUT2D eigenvalue weighted by atomic mass is 9.72. The average molecular weight is 379 g/mol. The summed E-state index contributed by atoms with van der Waals surface area (Å²) in [6.07, 6.45) is 1.33. The summed E-state index contributed by atoms with van der Waals surface area (Å²) < 4.78 is 5.71. The quantitative estimate of drug-likeness (QED) is 0.674. The fourth-order valence-electron chi connectivity index (χ4n) is 3.58. The van der Waals surface area contributed by atoms with Gasteiger partial charge in [0.05, 0.1) is 24.7 Å². The smallest absolute Gasteiger partial charge is 0.227 e. The third-order valence-electron chi connectivity index (χ3n) is 4.48. The van der Waals surface area contributed by atoms with Crippen LogP contribution in [0.2, 0.25) is 0 Å². The van der Waals surface area contributed by atoms with Crippen molar-refractivity contribution in [3.63, 3.8) is 0 Å². The first kappa shape index (κ1) is 21.5. The fraction of sp³-hybridized carbons (Fsp3) is 0.417. The van der Waals surface area contributed by atoms with Gasteiger partial charge in [-0.3, -0.25) is 4.79 Å². The summed E-state index contributed by atoms with van der Waals surface area (Å²) in [5.74, 6) is 0.618. The van der Waals surface area contributed by atoms with Gasteiger partial charge in [-0.25, -0.2) is 0 Å². The maximum atomic E-state index is 12.0. The van der Waals surface area contributed by atoms with E-state index in [2.05, 4.69) is 58.1 Å². The van der Waals surface area contributed by atoms with Crippen LogP contribution in [0.25, 0.3) is 0 Å². The Balaban J connectivity index is 1.84. The molecule has 0 atom stereocenters. The monoisotopic (exact) mass is 378 g/mol. The Labute approximate surface area is 168 Å². The number of hydrogen-bond donors (Lipinski definition) is 1. The van der Waals surface area contributed by atoms with Gasteiger partial charge in [0, 0.05) is 5.69 Å². The minimum atomic E-state index is -0.141. The lowest BCUT2D eigenvalue weighted by molar-refractivity contribution is -0.116. The molecule has 0 unspecified atom stereocenters. The van der Waals surface area contributed by atoms with Crippen molar-refractivity contribution < 1.29 is 9.53 Å². The summed E-state index contributed by atoms with van der Waals surface area (Å²) >= 11 is 0. The normalized spacial score (nSPS) is 11.6. The van der Waals surface area contributed by atoms with Gasteiger partial charge >= 0.3 is 0 Å². The van der Waals surface area contributed by atoms with Gasteiger partial charge in [0.2, 0.25) is 5.91 Å². The van der Waals surface area contributed by atoms with Crippen LogP contribution in [0.4, 0.5) is 5.69 Å². The second-order valence-electron chi connectivity index (χ2n) is 8.98. The molecule has 0 aliphatic rings. The van der Waals surface area contributed by atoms with Crippen molar-refractivity contribution in [2.24, 2.45) is 5.41 Å². The van der Waals surface area contributed by atoms with Crippen molar-refractivity contribution >= 4 is 11.6 Å². The zero-order valence-electron chi connectivity index (χ0n) is 17.5. The topological polar surface area (TPSA) is 62.1 Å². The van der Waals surface area contributed by atoms with E-state index in [1.165, 1.54) is 5.56 Å².